The molecule has 0 spiro atoms. The fraction of sp³-hybridized carbons (Fsp3) is 0.778. The van der Waals surface area contributed by atoms with Crippen LogP contribution >= 0.6 is 0 Å². The molecule has 2 unspecified atom stereocenters. The third kappa shape index (κ3) is 1.98. The van der Waals surface area contributed by atoms with Crippen LogP contribution in [0, 0.1) is 11.8 Å². The zero-order chi connectivity index (χ0) is 10.1. The standard InChI is InChI=1S/C9H18Si/c1-7(2)8-4-3-5-9(10)6-8/h3,5,7-9H,4,6H2,1-2,10H3/i10T3. The molecule has 0 fully saturated rings. The van der Waals surface area contributed by atoms with Gasteiger partial charge in [-0.1, -0.05) is 26.0 Å². The van der Waals surface area contributed by atoms with E-state index >= 15 is 0 Å². The van der Waals surface area contributed by atoms with Crippen molar-refractivity contribution in [2.75, 3.05) is 0 Å². The Hall–Kier alpha value is -0.0431. The first-order chi connectivity index (χ1) is 5.91. The van der Waals surface area contributed by atoms with Crippen molar-refractivity contribution >= 4 is 10.0 Å². The molecule has 0 N–H and O–H groups in total. The van der Waals surface area contributed by atoms with Crippen LogP contribution in [0.15, 0.2) is 12.2 Å². The normalized spacial score (nSPS) is 38.9. The number of allylic oxidation sites excluding steroid dienone is 2. The minimum atomic E-state index is -3.18. The van der Waals surface area contributed by atoms with Gasteiger partial charge in [0.15, 0.2) is 0 Å². The smallest absolute Gasteiger partial charge is 0.0115 e. The molecule has 0 heterocycles. The third-order valence-electron chi connectivity index (χ3n) is 2.31. The van der Waals surface area contributed by atoms with Crippen molar-refractivity contribution in [1.82, 2.24) is 0 Å². The first-order valence-electron chi connectivity index (χ1n) is 5.58. The van der Waals surface area contributed by atoms with Crippen molar-refractivity contribution in [3.63, 3.8) is 0 Å². The van der Waals surface area contributed by atoms with Crippen molar-refractivity contribution in [2.24, 2.45) is 11.8 Å². The zero-order valence-electron chi connectivity index (χ0n) is 9.80. The molecule has 10 heavy (non-hydrogen) atoms. The Morgan fingerprint density at radius 1 is 1.70 bits per heavy atom. The Kier molecular flexibility index (Phi) is 1.61. The average Bonchev–Trinajstić information content (AvgIpc) is 2.03. The number of hydrogen-bond donors (Lipinski definition) is 0. The van der Waals surface area contributed by atoms with E-state index < -0.39 is 10.0 Å². The Balaban J connectivity index is 2.62. The van der Waals surface area contributed by atoms with Crippen LogP contribution in [0.4, 0.5) is 0 Å². The van der Waals surface area contributed by atoms with Gasteiger partial charge in [-0.15, -0.1) is 0 Å². The molecule has 0 aromatic carbocycles. The van der Waals surface area contributed by atoms with E-state index in [1.807, 2.05) is 6.08 Å². The molecule has 0 aromatic heterocycles. The number of rotatable bonds is 2. The summed E-state index contributed by atoms with van der Waals surface area (Å²) < 4.78 is 22.4. The van der Waals surface area contributed by atoms with E-state index in [1.165, 1.54) is 0 Å². The van der Waals surface area contributed by atoms with Gasteiger partial charge in [0.2, 0.25) is 0 Å². The lowest BCUT2D eigenvalue weighted by atomic mass is 9.85. The fourth-order valence-corrected chi connectivity index (χ4v) is 1.90. The van der Waals surface area contributed by atoms with Crippen LogP contribution in [0.2, 0.25) is 5.54 Å². The summed E-state index contributed by atoms with van der Waals surface area (Å²) in [6.07, 6.45) is 5.95. The second-order valence-electron chi connectivity index (χ2n) is 3.51. The molecule has 58 valence electrons. The summed E-state index contributed by atoms with van der Waals surface area (Å²) in [6, 6.07) is 0. The highest BCUT2D eigenvalue weighted by Gasteiger charge is 2.16. The largest absolute Gasteiger partial charge is 0.0890 e. The van der Waals surface area contributed by atoms with Crippen molar-refractivity contribution in [2.45, 2.75) is 32.2 Å². The molecule has 0 amide bonds. The molecular weight excluding hydrogens is 136 g/mol. The first-order valence-corrected chi connectivity index (χ1v) is 4.65. The van der Waals surface area contributed by atoms with Gasteiger partial charge in [0.1, 0.15) is 0 Å². The monoisotopic (exact) mass is 160 g/mol. The molecule has 1 aliphatic carbocycles. The molecule has 1 rings (SSSR count). The molecule has 0 aliphatic heterocycles. The molecule has 0 saturated carbocycles. The van der Waals surface area contributed by atoms with Crippen molar-refractivity contribution < 1.29 is 0 Å². The van der Waals surface area contributed by atoms with E-state index in [-0.39, 0.29) is 5.54 Å². The lowest BCUT2D eigenvalue weighted by Gasteiger charge is -2.25. The topological polar surface area (TPSA) is 0 Å². The summed E-state index contributed by atoms with van der Waals surface area (Å²) in [5, 5.41) is 0. The van der Waals surface area contributed by atoms with Crippen molar-refractivity contribution in [1.29, 1.82) is 3.70 Å². The van der Waals surface area contributed by atoms with Crippen molar-refractivity contribution in [3.05, 3.63) is 12.2 Å². The Morgan fingerprint density at radius 2 is 2.50 bits per heavy atom. The lowest BCUT2D eigenvalue weighted by Crippen LogP contribution is -2.13. The van der Waals surface area contributed by atoms with E-state index in [9.17, 15) is 0 Å². The van der Waals surface area contributed by atoms with E-state index in [0.717, 1.165) is 12.8 Å². The SMILES string of the molecule is [3H][Si]([3H])([3H])C1C=CCC(C(C)C)C1. The van der Waals surface area contributed by atoms with Gasteiger partial charge in [0, 0.05) is 13.7 Å². The highest BCUT2D eigenvalue weighted by atomic mass is 28.1. The van der Waals surface area contributed by atoms with Crippen LogP contribution in [0.3, 0.4) is 0 Å². The maximum Gasteiger partial charge on any atom is 0.0115 e. The van der Waals surface area contributed by atoms with Crippen LogP contribution in [0.5, 0.6) is 0 Å². The maximum absolute atomic E-state index is 7.48. The number of hydrogen-bond acceptors (Lipinski definition) is 0. The summed E-state index contributed by atoms with van der Waals surface area (Å²) >= 11 is 0. The molecule has 2 atom stereocenters. The molecule has 0 radical (unpaired) electrons. The minimum Gasteiger partial charge on any atom is -0.0890 e. The van der Waals surface area contributed by atoms with Crippen LogP contribution in [0.1, 0.15) is 26.7 Å². The van der Waals surface area contributed by atoms with Gasteiger partial charge in [0.05, 0.1) is 0 Å². The quantitative estimate of drug-likeness (QED) is 0.426. The molecule has 0 bridgehead atoms. The Morgan fingerprint density at radius 3 is 3.10 bits per heavy atom. The van der Waals surface area contributed by atoms with Gasteiger partial charge in [-0.05, 0) is 30.2 Å². The molecule has 0 aromatic rings. The summed E-state index contributed by atoms with van der Waals surface area (Å²) in [6.45, 7) is 4.36. The minimum absolute atomic E-state index is 0.0753. The molecule has 0 nitrogen and oxygen atoms in total. The highest BCUT2D eigenvalue weighted by Crippen LogP contribution is 2.30. The van der Waals surface area contributed by atoms with Gasteiger partial charge in [0.25, 0.3) is 0 Å². The predicted octanol–water partition coefficient (Wildman–Crippen LogP) is 1.76. The fourth-order valence-electron chi connectivity index (χ4n) is 1.46. The van der Waals surface area contributed by atoms with Gasteiger partial charge >= 0.3 is 0 Å². The summed E-state index contributed by atoms with van der Waals surface area (Å²) in [4.78, 5) is 0. The lowest BCUT2D eigenvalue weighted by molar-refractivity contribution is 0.356. The van der Waals surface area contributed by atoms with E-state index in [0.29, 0.717) is 11.8 Å². The summed E-state index contributed by atoms with van der Waals surface area (Å²) in [5.74, 6) is 1.20. The van der Waals surface area contributed by atoms with Crippen LogP contribution in [0.25, 0.3) is 0 Å². The highest BCUT2D eigenvalue weighted by molar-refractivity contribution is 6.12. The van der Waals surface area contributed by atoms with Gasteiger partial charge in [-0.3, -0.25) is 0 Å². The van der Waals surface area contributed by atoms with E-state index in [4.69, 9.17) is 3.70 Å². The van der Waals surface area contributed by atoms with Crippen LogP contribution < -0.4 is 0 Å². The van der Waals surface area contributed by atoms with Crippen molar-refractivity contribution in [3.8, 4) is 0 Å². The second kappa shape index (κ2) is 3.38. The zero-order valence-corrected chi connectivity index (χ0v) is 7.80. The molecule has 1 heteroatoms. The Labute approximate surface area is 70.8 Å². The van der Waals surface area contributed by atoms with Gasteiger partial charge in [-0.25, -0.2) is 0 Å². The third-order valence-corrected chi connectivity index (χ3v) is 2.73. The van der Waals surface area contributed by atoms with E-state index in [1.54, 1.807) is 0 Å². The van der Waals surface area contributed by atoms with Crippen LogP contribution in [-0.4, -0.2) is 13.7 Å². The van der Waals surface area contributed by atoms with E-state index in [2.05, 4.69) is 19.9 Å². The average molecular weight is 160 g/mol. The van der Waals surface area contributed by atoms with Gasteiger partial charge < -0.3 is 0 Å². The molecule has 1 aliphatic rings. The Bertz CT molecular complexity index is 196. The second-order valence-corrected chi connectivity index (χ2v) is 4.25. The van der Waals surface area contributed by atoms with Gasteiger partial charge in [-0.2, -0.15) is 0 Å². The molecule has 0 saturated heterocycles. The molecular formula is C9H18Si. The van der Waals surface area contributed by atoms with Crippen LogP contribution in [-0.2, 0) is 0 Å². The maximum atomic E-state index is 7.48. The summed E-state index contributed by atoms with van der Waals surface area (Å²) in [5.41, 5.74) is -0.0753. The predicted molar refractivity (Wildman–Crippen MR) is 50.4 cm³/mol. The first kappa shape index (κ1) is 4.76. The summed E-state index contributed by atoms with van der Waals surface area (Å²) in [7, 11) is -3.18.